The van der Waals surface area contributed by atoms with E-state index in [9.17, 15) is 9.90 Å². The van der Waals surface area contributed by atoms with Crippen LogP contribution in [0.3, 0.4) is 0 Å². The molecule has 4 heteroatoms. The lowest BCUT2D eigenvalue weighted by Gasteiger charge is -2.08. The number of esters is 1. The van der Waals surface area contributed by atoms with Crippen LogP contribution in [0.25, 0.3) is 0 Å². The second-order valence-electron chi connectivity index (χ2n) is 8.07. The van der Waals surface area contributed by atoms with Crippen molar-refractivity contribution in [2.75, 3.05) is 0 Å². The number of aliphatic hydroxyl groups is 1. The Bertz CT molecular complexity index is 791. The van der Waals surface area contributed by atoms with Crippen LogP contribution in [0.1, 0.15) is 71.8 Å². The monoisotopic (exact) mass is 398 g/mol. The molecule has 1 atom stereocenters. The van der Waals surface area contributed by atoms with Gasteiger partial charge in [0.2, 0.25) is 0 Å². The molecule has 4 nitrogen and oxygen atoms in total. The predicted molar refractivity (Wildman–Crippen MR) is 116 cm³/mol. The summed E-state index contributed by atoms with van der Waals surface area (Å²) in [5.41, 5.74) is 4.39. The zero-order valence-corrected chi connectivity index (χ0v) is 18.2. The molecule has 0 aliphatic carbocycles. The van der Waals surface area contributed by atoms with Crippen LogP contribution in [0.4, 0.5) is 0 Å². The molecule has 2 heterocycles. The first kappa shape index (κ1) is 22.8. The van der Waals surface area contributed by atoms with Crippen LogP contribution in [0.15, 0.2) is 69.5 Å². The molecule has 2 rings (SSSR count). The van der Waals surface area contributed by atoms with Crippen LogP contribution in [0.5, 0.6) is 0 Å². The number of rotatable bonds is 11. The fraction of sp³-hybridized carbons (Fsp3) is 0.480. The highest BCUT2D eigenvalue weighted by Crippen LogP contribution is 2.26. The van der Waals surface area contributed by atoms with Crippen LogP contribution in [0, 0.1) is 5.92 Å². The van der Waals surface area contributed by atoms with Crippen molar-refractivity contribution in [3.8, 4) is 0 Å². The van der Waals surface area contributed by atoms with Gasteiger partial charge < -0.3 is 14.3 Å². The van der Waals surface area contributed by atoms with Crippen molar-refractivity contribution in [1.82, 2.24) is 0 Å². The zero-order chi connectivity index (χ0) is 21.2. The summed E-state index contributed by atoms with van der Waals surface area (Å²) in [6.07, 6.45) is 17.4. The first-order valence-electron chi connectivity index (χ1n) is 10.5. The van der Waals surface area contributed by atoms with Gasteiger partial charge in [0, 0.05) is 0 Å². The fourth-order valence-electron chi connectivity index (χ4n) is 3.33. The molecule has 0 saturated heterocycles. The molecule has 0 radical (unpaired) electrons. The molecule has 1 aromatic heterocycles. The Kier molecular flexibility index (Phi) is 9.04. The molecule has 0 bridgehead atoms. The van der Waals surface area contributed by atoms with Gasteiger partial charge in [-0.2, -0.15) is 0 Å². The molecule has 1 aliphatic heterocycles. The second kappa shape index (κ2) is 11.5. The molecule has 1 aliphatic rings. The summed E-state index contributed by atoms with van der Waals surface area (Å²) in [4.78, 5) is 11.4. The van der Waals surface area contributed by atoms with E-state index in [1.54, 1.807) is 13.2 Å². The van der Waals surface area contributed by atoms with Gasteiger partial charge in [-0.1, -0.05) is 30.2 Å². The highest BCUT2D eigenvalue weighted by atomic mass is 16.6. The highest BCUT2D eigenvalue weighted by Gasteiger charge is 2.26. The second-order valence-corrected chi connectivity index (χ2v) is 8.07. The van der Waals surface area contributed by atoms with Crippen molar-refractivity contribution in [2.24, 2.45) is 5.92 Å². The van der Waals surface area contributed by atoms with Gasteiger partial charge in [0.15, 0.2) is 11.5 Å². The average Bonchev–Trinajstić information content (AvgIpc) is 3.27. The summed E-state index contributed by atoms with van der Waals surface area (Å²) in [5, 5.41) is 9.88. The van der Waals surface area contributed by atoms with Crippen LogP contribution >= 0.6 is 0 Å². The first-order chi connectivity index (χ1) is 13.9. The van der Waals surface area contributed by atoms with Crippen LogP contribution < -0.4 is 0 Å². The summed E-state index contributed by atoms with van der Waals surface area (Å²) in [6.45, 7) is 8.05. The van der Waals surface area contributed by atoms with Crippen molar-refractivity contribution < 1.29 is 19.1 Å². The Morgan fingerprint density at radius 3 is 2.55 bits per heavy atom. The fourth-order valence-corrected chi connectivity index (χ4v) is 3.33. The Morgan fingerprint density at radius 2 is 1.90 bits per heavy atom. The number of hydrogen-bond acceptors (Lipinski definition) is 4. The minimum absolute atomic E-state index is 0.0221. The van der Waals surface area contributed by atoms with Gasteiger partial charge >= 0.3 is 5.97 Å². The Hall–Kier alpha value is -2.49. The lowest BCUT2D eigenvalue weighted by molar-refractivity contribution is -0.133. The maximum atomic E-state index is 11.4. The maximum Gasteiger partial charge on any atom is 0.343 e. The molecular weight excluding hydrogens is 364 g/mol. The van der Waals surface area contributed by atoms with Gasteiger partial charge in [-0.25, -0.2) is 4.79 Å². The van der Waals surface area contributed by atoms with E-state index in [1.165, 1.54) is 16.7 Å². The molecule has 0 amide bonds. The van der Waals surface area contributed by atoms with E-state index in [2.05, 4.69) is 32.9 Å². The number of hydrogen-bond donors (Lipinski definition) is 1. The molecule has 0 spiro atoms. The third kappa shape index (κ3) is 7.80. The topological polar surface area (TPSA) is 59.7 Å². The molecule has 1 N–H and O–H groups in total. The Balaban J connectivity index is 1.63. The molecule has 0 aromatic carbocycles. The predicted octanol–water partition coefficient (Wildman–Crippen LogP) is 6.96. The van der Waals surface area contributed by atoms with Gasteiger partial charge in [-0.3, -0.25) is 0 Å². The van der Waals surface area contributed by atoms with E-state index in [0.717, 1.165) is 44.9 Å². The number of cyclic esters (lactones) is 1. The molecule has 1 aromatic rings. The van der Waals surface area contributed by atoms with E-state index in [-0.39, 0.29) is 17.3 Å². The highest BCUT2D eigenvalue weighted by molar-refractivity contribution is 5.93. The molecule has 29 heavy (non-hydrogen) atoms. The minimum atomic E-state index is -0.453. The summed E-state index contributed by atoms with van der Waals surface area (Å²) < 4.78 is 10.2. The summed E-state index contributed by atoms with van der Waals surface area (Å²) >= 11 is 0. The van der Waals surface area contributed by atoms with Gasteiger partial charge in [0.05, 0.1) is 18.1 Å². The average molecular weight is 399 g/mol. The van der Waals surface area contributed by atoms with Crippen LogP contribution in [0.2, 0.25) is 0 Å². The number of furan rings is 1. The molecule has 0 saturated carbocycles. The molecule has 0 fully saturated rings. The van der Waals surface area contributed by atoms with E-state index < -0.39 is 5.97 Å². The smallest absolute Gasteiger partial charge is 0.343 e. The van der Waals surface area contributed by atoms with Crippen LogP contribution in [-0.2, 0) is 16.0 Å². The van der Waals surface area contributed by atoms with Crippen molar-refractivity contribution >= 4 is 5.97 Å². The lowest BCUT2D eigenvalue weighted by Crippen LogP contribution is -1.97. The first-order valence-corrected chi connectivity index (χ1v) is 10.5. The van der Waals surface area contributed by atoms with Crippen molar-refractivity contribution in [3.63, 3.8) is 0 Å². The normalized spacial score (nSPS) is 17.9. The summed E-state index contributed by atoms with van der Waals surface area (Å²) in [7, 11) is 0. The number of ether oxygens (including phenoxy) is 1. The minimum Gasteiger partial charge on any atom is -0.504 e. The standard InChI is InChI=1S/C25H34O4/c1-18(8-5-9-19(2)11-7-13-22-14-15-28-17-22)10-6-12-20(3)16-23-24(26)21(4)25(27)29-23/h8,11,14-17,20,26H,5-7,9-10,12-13H2,1-4H3/b18-8-,19-11+,23-16-. The van der Waals surface area contributed by atoms with Gasteiger partial charge in [0.25, 0.3) is 0 Å². The number of aryl methyl sites for hydroxylation is 1. The number of allylic oxidation sites excluding steroid dienone is 5. The van der Waals surface area contributed by atoms with Gasteiger partial charge in [0.1, 0.15) is 0 Å². The van der Waals surface area contributed by atoms with Gasteiger partial charge in [-0.05, 0) is 89.3 Å². The summed E-state index contributed by atoms with van der Waals surface area (Å²) in [6, 6.07) is 2.02. The van der Waals surface area contributed by atoms with Crippen molar-refractivity contribution in [3.05, 3.63) is 70.6 Å². The SMILES string of the molecule is CC1=C(O)/C(=C/C(C)CCC/C(C)=C\CC/C(C)=C/CCc2ccoc2)OC1=O. The number of carbonyl (C=O) groups excluding carboxylic acids is 1. The Morgan fingerprint density at radius 1 is 1.17 bits per heavy atom. The number of carbonyl (C=O) groups is 1. The van der Waals surface area contributed by atoms with E-state index in [1.807, 2.05) is 18.4 Å². The van der Waals surface area contributed by atoms with Crippen molar-refractivity contribution in [1.29, 1.82) is 0 Å². The molecule has 158 valence electrons. The largest absolute Gasteiger partial charge is 0.504 e. The van der Waals surface area contributed by atoms with E-state index in [4.69, 9.17) is 9.15 Å². The summed E-state index contributed by atoms with van der Waals surface area (Å²) in [5.74, 6) is 0.0815. The van der Waals surface area contributed by atoms with Crippen LogP contribution in [-0.4, -0.2) is 11.1 Å². The van der Waals surface area contributed by atoms with Gasteiger partial charge in [-0.15, -0.1) is 0 Å². The van der Waals surface area contributed by atoms with Crippen molar-refractivity contribution in [2.45, 2.75) is 72.6 Å². The third-order valence-corrected chi connectivity index (χ3v) is 5.30. The number of aliphatic hydroxyl groups excluding tert-OH is 1. The third-order valence-electron chi connectivity index (χ3n) is 5.30. The molecule has 1 unspecified atom stereocenters. The zero-order valence-electron chi connectivity index (χ0n) is 18.2. The van der Waals surface area contributed by atoms with E-state index >= 15 is 0 Å². The Labute approximate surface area is 174 Å². The van der Waals surface area contributed by atoms with E-state index in [0.29, 0.717) is 5.76 Å². The lowest BCUT2D eigenvalue weighted by atomic mass is 9.99. The quantitative estimate of drug-likeness (QED) is 0.323. The molecular formula is C25H34O4. The maximum absolute atomic E-state index is 11.4.